The summed E-state index contributed by atoms with van der Waals surface area (Å²) < 4.78 is 1.25. The summed E-state index contributed by atoms with van der Waals surface area (Å²) in [6.45, 7) is 13.9. The number of carbonyl (C=O) groups excluding carboxylic acids is 1. The van der Waals surface area contributed by atoms with Gasteiger partial charge in [0.1, 0.15) is 6.29 Å². The molecule has 0 saturated heterocycles. The summed E-state index contributed by atoms with van der Waals surface area (Å²) >= 11 is 2.94. The number of nitrogens with zero attached hydrogens (tertiary/aromatic N) is 1. The van der Waals surface area contributed by atoms with Crippen LogP contribution in [0.25, 0.3) is 11.3 Å². The van der Waals surface area contributed by atoms with Crippen molar-refractivity contribution < 1.29 is 4.79 Å². The van der Waals surface area contributed by atoms with E-state index in [0.29, 0.717) is 0 Å². The Morgan fingerprint density at radius 2 is 1.24 bits per heavy atom. The molecule has 2 aromatic rings. The number of aromatic nitrogens is 1. The van der Waals surface area contributed by atoms with E-state index >= 15 is 0 Å². The molecule has 0 radical (unpaired) electrons. The standard InChI is InChI=1S/C17H22N2O.C2H4O.CH3Br/c1-9-7-15(19(18)16(20)8-9)17-13(5)11(3)10(2)12(4)14(17)6;1-2-3;1-2/h7-8H,18H2,1-6H3;2H,1H3;1H3. The van der Waals surface area contributed by atoms with E-state index in [-0.39, 0.29) is 5.56 Å². The number of hydrogen-bond donors (Lipinski definition) is 1. The zero-order valence-electron chi connectivity index (χ0n) is 16.5. The van der Waals surface area contributed by atoms with Gasteiger partial charge >= 0.3 is 0 Å². The fraction of sp³-hybridized carbons (Fsp3) is 0.400. The maximum atomic E-state index is 11.9. The zero-order chi connectivity index (χ0) is 19.9. The highest BCUT2D eigenvalue weighted by molar-refractivity contribution is 9.08. The van der Waals surface area contributed by atoms with Crippen LogP contribution in [0.5, 0.6) is 0 Å². The molecule has 25 heavy (non-hydrogen) atoms. The summed E-state index contributed by atoms with van der Waals surface area (Å²) in [6.07, 6.45) is 0.750. The van der Waals surface area contributed by atoms with Gasteiger partial charge in [0.2, 0.25) is 0 Å². The Labute approximate surface area is 159 Å². The third kappa shape index (κ3) is 5.05. The molecule has 0 amide bonds. The van der Waals surface area contributed by atoms with Gasteiger partial charge in [0.25, 0.3) is 5.56 Å². The van der Waals surface area contributed by atoms with Gasteiger partial charge in [0.15, 0.2) is 0 Å². The topological polar surface area (TPSA) is 65.1 Å². The van der Waals surface area contributed by atoms with Crippen molar-refractivity contribution in [2.24, 2.45) is 0 Å². The Bertz CT molecular complexity index is 779. The van der Waals surface area contributed by atoms with Gasteiger partial charge in [-0.2, -0.15) is 0 Å². The number of aryl methyl sites for hydroxylation is 1. The number of hydrogen-bond acceptors (Lipinski definition) is 3. The number of nitrogens with two attached hydrogens (primary N) is 1. The van der Waals surface area contributed by atoms with Crippen molar-refractivity contribution in [1.82, 2.24) is 4.68 Å². The maximum Gasteiger partial charge on any atom is 0.269 e. The summed E-state index contributed by atoms with van der Waals surface area (Å²) in [5, 5.41) is 0. The number of aldehydes is 1. The van der Waals surface area contributed by atoms with Gasteiger partial charge < -0.3 is 10.6 Å². The first-order valence-corrected chi connectivity index (χ1v) is 9.59. The number of rotatable bonds is 1. The molecule has 0 aliphatic heterocycles. The molecule has 0 aliphatic carbocycles. The molecule has 0 saturated carbocycles. The quantitative estimate of drug-likeness (QED) is 0.434. The average Bonchev–Trinajstić information content (AvgIpc) is 2.58. The summed E-state index contributed by atoms with van der Waals surface area (Å²) in [5.74, 6) is 7.78. The van der Waals surface area contributed by atoms with E-state index in [4.69, 9.17) is 10.6 Å². The molecule has 0 atom stereocenters. The van der Waals surface area contributed by atoms with Gasteiger partial charge in [-0.3, -0.25) is 4.79 Å². The van der Waals surface area contributed by atoms with E-state index in [0.717, 1.165) is 23.1 Å². The highest BCUT2D eigenvalue weighted by Crippen LogP contribution is 2.33. The van der Waals surface area contributed by atoms with E-state index in [2.05, 4.69) is 50.5 Å². The molecule has 2 rings (SSSR count). The van der Waals surface area contributed by atoms with Crippen LogP contribution in [0.2, 0.25) is 0 Å². The van der Waals surface area contributed by atoms with Crippen molar-refractivity contribution >= 4 is 22.2 Å². The number of benzene rings is 1. The predicted molar refractivity (Wildman–Crippen MR) is 111 cm³/mol. The Kier molecular flexibility index (Phi) is 9.42. The lowest BCUT2D eigenvalue weighted by molar-refractivity contribution is -0.106. The molecule has 2 N–H and O–H groups in total. The maximum absolute atomic E-state index is 11.9. The lowest BCUT2D eigenvalue weighted by Gasteiger charge is -2.20. The molecule has 138 valence electrons. The molecule has 0 fully saturated rings. The fourth-order valence-electron chi connectivity index (χ4n) is 2.79. The average molecular weight is 409 g/mol. The monoisotopic (exact) mass is 408 g/mol. The molecular formula is C20H29BrN2O2. The van der Waals surface area contributed by atoms with E-state index in [1.165, 1.54) is 39.4 Å². The summed E-state index contributed by atoms with van der Waals surface area (Å²) in [7, 11) is 0. The molecule has 4 nitrogen and oxygen atoms in total. The van der Waals surface area contributed by atoms with Crippen LogP contribution in [0.15, 0.2) is 16.9 Å². The van der Waals surface area contributed by atoms with Crippen molar-refractivity contribution in [3.63, 3.8) is 0 Å². The minimum absolute atomic E-state index is 0.172. The molecule has 5 heteroatoms. The van der Waals surface area contributed by atoms with Gasteiger partial charge in [0, 0.05) is 11.6 Å². The largest absolute Gasteiger partial charge is 0.336 e. The van der Waals surface area contributed by atoms with Crippen LogP contribution in [0.4, 0.5) is 0 Å². The Hall–Kier alpha value is -1.88. The van der Waals surface area contributed by atoms with Gasteiger partial charge in [-0.15, -0.1) is 0 Å². The van der Waals surface area contributed by atoms with Crippen LogP contribution < -0.4 is 11.4 Å². The third-order valence-electron chi connectivity index (χ3n) is 4.47. The smallest absolute Gasteiger partial charge is 0.269 e. The first-order valence-electron chi connectivity index (χ1n) is 8.01. The number of pyridine rings is 1. The molecule has 0 spiro atoms. The first-order chi connectivity index (χ1) is 11.7. The van der Waals surface area contributed by atoms with Crippen LogP contribution in [0.1, 0.15) is 40.3 Å². The van der Waals surface area contributed by atoms with Crippen molar-refractivity contribution in [3.8, 4) is 11.3 Å². The van der Waals surface area contributed by atoms with Crippen molar-refractivity contribution in [1.29, 1.82) is 0 Å². The molecule has 1 aromatic carbocycles. The molecule has 1 heterocycles. The minimum atomic E-state index is -0.172. The fourth-order valence-corrected chi connectivity index (χ4v) is 2.79. The van der Waals surface area contributed by atoms with Crippen LogP contribution in [-0.2, 0) is 4.79 Å². The van der Waals surface area contributed by atoms with Crippen molar-refractivity contribution in [2.75, 3.05) is 11.7 Å². The molecular weight excluding hydrogens is 380 g/mol. The third-order valence-corrected chi connectivity index (χ3v) is 4.47. The highest BCUT2D eigenvalue weighted by Gasteiger charge is 2.16. The summed E-state index contributed by atoms with van der Waals surface area (Å²) in [5.41, 5.74) is 8.84. The second-order valence-electron chi connectivity index (χ2n) is 5.86. The van der Waals surface area contributed by atoms with Crippen LogP contribution in [-0.4, -0.2) is 16.8 Å². The number of halogens is 1. The first kappa shape index (κ1) is 23.1. The lowest BCUT2D eigenvalue weighted by Crippen LogP contribution is -2.28. The van der Waals surface area contributed by atoms with Gasteiger partial charge in [-0.05, 0) is 93.7 Å². The normalized spacial score (nSPS) is 9.48. The number of alkyl halides is 1. The molecule has 0 unspecified atom stereocenters. The van der Waals surface area contributed by atoms with Gasteiger partial charge in [-0.1, -0.05) is 15.9 Å². The van der Waals surface area contributed by atoms with E-state index < -0.39 is 0 Å². The predicted octanol–water partition coefficient (Wildman–Crippen LogP) is 4.30. The van der Waals surface area contributed by atoms with Gasteiger partial charge in [-0.25, -0.2) is 4.68 Å². The van der Waals surface area contributed by atoms with Gasteiger partial charge in [0.05, 0.1) is 5.69 Å². The summed E-state index contributed by atoms with van der Waals surface area (Å²) in [4.78, 5) is 20.7. The second-order valence-corrected chi connectivity index (χ2v) is 5.86. The Balaban J connectivity index is 0.00000104. The SMILES string of the molecule is CBr.CC=O.Cc1cc(-c2c(C)c(C)c(C)c(C)c2C)n(N)c(=O)c1. The van der Waals surface area contributed by atoms with Crippen molar-refractivity contribution in [3.05, 3.63) is 55.9 Å². The van der Waals surface area contributed by atoms with Crippen LogP contribution in [0.3, 0.4) is 0 Å². The zero-order valence-corrected chi connectivity index (χ0v) is 18.0. The molecule has 1 aromatic heterocycles. The number of carbonyl (C=O) groups is 1. The van der Waals surface area contributed by atoms with Crippen LogP contribution >= 0.6 is 15.9 Å². The Morgan fingerprint density at radius 3 is 1.64 bits per heavy atom. The number of nitrogen functional groups attached to an aromatic ring is 1. The molecule has 0 aliphatic rings. The van der Waals surface area contributed by atoms with Crippen molar-refractivity contribution in [2.45, 2.75) is 48.5 Å². The minimum Gasteiger partial charge on any atom is -0.336 e. The molecule has 0 bridgehead atoms. The lowest BCUT2D eigenvalue weighted by atomic mass is 9.88. The highest BCUT2D eigenvalue weighted by atomic mass is 79.9. The van der Waals surface area contributed by atoms with Crippen LogP contribution in [0, 0.1) is 41.5 Å². The van der Waals surface area contributed by atoms with E-state index in [1.807, 2.05) is 18.8 Å². The second kappa shape index (κ2) is 10.2. The van der Waals surface area contributed by atoms with E-state index in [1.54, 1.807) is 6.07 Å². The van der Waals surface area contributed by atoms with E-state index in [9.17, 15) is 4.79 Å². The summed E-state index contributed by atoms with van der Waals surface area (Å²) in [6, 6.07) is 3.53. The Morgan fingerprint density at radius 1 is 0.880 bits per heavy atom.